The van der Waals surface area contributed by atoms with Gasteiger partial charge in [-0.15, -0.1) is 0 Å². The van der Waals surface area contributed by atoms with Crippen LogP contribution < -0.4 is 5.32 Å². The molecule has 3 nitrogen and oxygen atoms in total. The first kappa shape index (κ1) is 6.01. The van der Waals surface area contributed by atoms with Crippen LogP contribution in [0.4, 0.5) is 5.69 Å². The summed E-state index contributed by atoms with van der Waals surface area (Å²) in [4.78, 5) is 0. The fraction of sp³-hybridized carbons (Fsp3) is 0.167. The summed E-state index contributed by atoms with van der Waals surface area (Å²) in [5.74, 6) is 0. The Morgan fingerprint density at radius 2 is 2.44 bits per heavy atom. The van der Waals surface area contributed by atoms with Gasteiger partial charge in [-0.05, 0) is 13.0 Å². The number of nitrogens with zero attached hydrogens (tertiary/aromatic N) is 2. The lowest BCUT2D eigenvalue weighted by Crippen LogP contribution is -1.96. The van der Waals surface area contributed by atoms with E-state index in [0.29, 0.717) is 6.54 Å². The summed E-state index contributed by atoms with van der Waals surface area (Å²) in [6.07, 6.45) is 3.29. The minimum Gasteiger partial charge on any atom is -0.384 e. The molecule has 0 saturated heterocycles. The van der Waals surface area contributed by atoms with Crippen LogP contribution in [0, 0.1) is 6.92 Å². The van der Waals surface area contributed by atoms with Crippen molar-refractivity contribution in [2.24, 2.45) is 0 Å². The Labute approximate surface area is 54.1 Å². The van der Waals surface area contributed by atoms with Crippen LogP contribution in [0.2, 0.25) is 0 Å². The van der Waals surface area contributed by atoms with Crippen molar-refractivity contribution >= 4 is 5.69 Å². The molecule has 47 valence electrons. The molecule has 0 aliphatic rings. The van der Waals surface area contributed by atoms with Crippen molar-refractivity contribution in [2.45, 2.75) is 0 Å². The highest BCUT2D eigenvalue weighted by molar-refractivity contribution is 5.38. The molecule has 1 radical (unpaired) electrons. The number of hydrogen-bond acceptors (Lipinski definition) is 3. The second-order valence-electron chi connectivity index (χ2n) is 1.56. The van der Waals surface area contributed by atoms with Crippen LogP contribution in [0.1, 0.15) is 0 Å². The lowest BCUT2D eigenvalue weighted by Gasteiger charge is -1.97. The molecule has 0 fully saturated rings. The Morgan fingerprint density at radius 1 is 1.56 bits per heavy atom. The van der Waals surface area contributed by atoms with E-state index >= 15 is 0 Å². The number of aromatic nitrogens is 2. The highest BCUT2D eigenvalue weighted by Crippen LogP contribution is 1.98. The molecule has 1 aromatic heterocycles. The summed E-state index contributed by atoms with van der Waals surface area (Å²) in [6.45, 7) is 4.29. The minimum atomic E-state index is 0.672. The van der Waals surface area contributed by atoms with Gasteiger partial charge in [0, 0.05) is 6.54 Å². The average Bonchev–Trinajstić information content (AvgIpc) is 1.91. The summed E-state index contributed by atoms with van der Waals surface area (Å²) in [7, 11) is 0. The van der Waals surface area contributed by atoms with Crippen LogP contribution in [0.3, 0.4) is 0 Å². The van der Waals surface area contributed by atoms with Crippen molar-refractivity contribution in [3.8, 4) is 0 Å². The lowest BCUT2D eigenvalue weighted by molar-refractivity contribution is 1.03. The van der Waals surface area contributed by atoms with Gasteiger partial charge in [-0.2, -0.15) is 10.2 Å². The Kier molecular flexibility index (Phi) is 2.01. The first-order chi connectivity index (χ1) is 4.43. The fourth-order valence-corrected chi connectivity index (χ4v) is 0.540. The van der Waals surface area contributed by atoms with E-state index in [4.69, 9.17) is 0 Å². The van der Waals surface area contributed by atoms with Gasteiger partial charge in [-0.3, -0.25) is 0 Å². The lowest BCUT2D eigenvalue weighted by atomic mass is 10.5. The number of rotatable bonds is 2. The van der Waals surface area contributed by atoms with Gasteiger partial charge in [0.25, 0.3) is 0 Å². The zero-order valence-electron chi connectivity index (χ0n) is 5.04. The summed E-state index contributed by atoms with van der Waals surface area (Å²) >= 11 is 0. The van der Waals surface area contributed by atoms with E-state index in [1.54, 1.807) is 12.4 Å². The van der Waals surface area contributed by atoms with E-state index in [0.717, 1.165) is 5.69 Å². The largest absolute Gasteiger partial charge is 0.384 e. The normalized spacial score (nSPS) is 9.00. The molecule has 0 aromatic carbocycles. The molecule has 0 saturated carbocycles. The molecule has 0 amide bonds. The van der Waals surface area contributed by atoms with E-state index < -0.39 is 0 Å². The fourth-order valence-electron chi connectivity index (χ4n) is 0.540. The van der Waals surface area contributed by atoms with Gasteiger partial charge >= 0.3 is 0 Å². The van der Waals surface area contributed by atoms with E-state index in [1.807, 2.05) is 6.07 Å². The molecule has 0 bridgehead atoms. The Bertz CT molecular complexity index is 161. The van der Waals surface area contributed by atoms with Crippen LogP contribution in [0.15, 0.2) is 18.5 Å². The summed E-state index contributed by atoms with van der Waals surface area (Å²) in [6, 6.07) is 1.85. The molecular weight excluding hydrogens is 114 g/mol. The SMILES string of the molecule is [CH2]CNc1ccnnc1. The molecule has 0 unspecified atom stereocenters. The molecule has 9 heavy (non-hydrogen) atoms. The molecule has 1 rings (SSSR count). The molecule has 0 aliphatic heterocycles. The van der Waals surface area contributed by atoms with Gasteiger partial charge in [0.1, 0.15) is 0 Å². The van der Waals surface area contributed by atoms with Crippen molar-refractivity contribution in [1.29, 1.82) is 0 Å². The number of anilines is 1. The molecule has 0 atom stereocenters. The minimum absolute atomic E-state index is 0.672. The van der Waals surface area contributed by atoms with Crippen LogP contribution in [-0.2, 0) is 0 Å². The average molecular weight is 122 g/mol. The zero-order valence-corrected chi connectivity index (χ0v) is 5.04. The predicted octanol–water partition coefficient (Wildman–Crippen LogP) is 0.723. The van der Waals surface area contributed by atoms with Gasteiger partial charge in [0.15, 0.2) is 0 Å². The van der Waals surface area contributed by atoms with Gasteiger partial charge in [0.05, 0.1) is 18.1 Å². The zero-order chi connectivity index (χ0) is 6.53. The highest BCUT2D eigenvalue weighted by atomic mass is 15.1. The molecule has 0 aliphatic carbocycles. The second-order valence-corrected chi connectivity index (χ2v) is 1.56. The van der Waals surface area contributed by atoms with Crippen LogP contribution >= 0.6 is 0 Å². The number of nitrogens with one attached hydrogen (secondary N) is 1. The topological polar surface area (TPSA) is 37.8 Å². The third-order valence-electron chi connectivity index (χ3n) is 0.913. The van der Waals surface area contributed by atoms with E-state index in [1.165, 1.54) is 0 Å². The molecule has 1 aromatic rings. The van der Waals surface area contributed by atoms with E-state index in [2.05, 4.69) is 22.4 Å². The Morgan fingerprint density at radius 3 is 3.00 bits per heavy atom. The van der Waals surface area contributed by atoms with Crippen molar-refractivity contribution in [1.82, 2.24) is 10.2 Å². The van der Waals surface area contributed by atoms with Crippen LogP contribution in [0.5, 0.6) is 0 Å². The molecular formula is C6H8N3. The maximum atomic E-state index is 3.66. The summed E-state index contributed by atoms with van der Waals surface area (Å²) in [5.41, 5.74) is 0.958. The first-order valence-corrected chi connectivity index (χ1v) is 2.73. The third kappa shape index (κ3) is 1.68. The predicted molar refractivity (Wildman–Crippen MR) is 35.9 cm³/mol. The van der Waals surface area contributed by atoms with E-state index in [-0.39, 0.29) is 0 Å². The van der Waals surface area contributed by atoms with Crippen LogP contribution in [-0.4, -0.2) is 16.7 Å². The Balaban J connectivity index is 2.61. The van der Waals surface area contributed by atoms with Gasteiger partial charge in [-0.25, -0.2) is 0 Å². The summed E-state index contributed by atoms with van der Waals surface area (Å²) in [5, 5.41) is 10.3. The van der Waals surface area contributed by atoms with Crippen molar-refractivity contribution in [3.63, 3.8) is 0 Å². The van der Waals surface area contributed by atoms with Crippen LogP contribution in [0.25, 0.3) is 0 Å². The maximum absolute atomic E-state index is 3.66. The molecule has 3 heteroatoms. The van der Waals surface area contributed by atoms with Crippen molar-refractivity contribution < 1.29 is 0 Å². The van der Waals surface area contributed by atoms with Gasteiger partial charge < -0.3 is 5.32 Å². The van der Waals surface area contributed by atoms with Gasteiger partial charge in [0.2, 0.25) is 0 Å². The summed E-state index contributed by atoms with van der Waals surface area (Å²) < 4.78 is 0. The molecule has 1 N–H and O–H groups in total. The Hall–Kier alpha value is -1.12. The highest BCUT2D eigenvalue weighted by Gasteiger charge is 1.83. The maximum Gasteiger partial charge on any atom is 0.0727 e. The standard InChI is InChI=1S/C6H8N3/c1-2-7-6-3-4-8-9-5-6/h3-5H,1-2H2,(H,7,8). The first-order valence-electron chi connectivity index (χ1n) is 2.73. The van der Waals surface area contributed by atoms with E-state index in [9.17, 15) is 0 Å². The van der Waals surface area contributed by atoms with Gasteiger partial charge in [-0.1, -0.05) is 0 Å². The number of hydrogen-bond donors (Lipinski definition) is 1. The smallest absolute Gasteiger partial charge is 0.0727 e. The third-order valence-corrected chi connectivity index (χ3v) is 0.913. The second kappa shape index (κ2) is 3.02. The van der Waals surface area contributed by atoms with Crippen molar-refractivity contribution in [2.75, 3.05) is 11.9 Å². The van der Waals surface area contributed by atoms with Crippen molar-refractivity contribution in [3.05, 3.63) is 25.4 Å². The monoisotopic (exact) mass is 122 g/mol. The molecule has 1 heterocycles. The molecule has 0 spiro atoms. The quantitative estimate of drug-likeness (QED) is 0.628.